The van der Waals surface area contributed by atoms with Crippen LogP contribution in [0.15, 0.2) is 30.3 Å². The average Bonchev–Trinajstić information content (AvgIpc) is 2.74. The van der Waals surface area contributed by atoms with Crippen LogP contribution in [0.3, 0.4) is 0 Å². The number of likely N-dealkylation sites (N-methyl/N-ethyl adjacent to an activating group) is 1. The Morgan fingerprint density at radius 1 is 1.00 bits per heavy atom. The first-order chi connectivity index (χ1) is 15.7. The molecule has 0 radical (unpaired) electrons. The van der Waals surface area contributed by atoms with E-state index in [-0.39, 0.29) is 12.3 Å². The fourth-order valence-electron chi connectivity index (χ4n) is 3.34. The summed E-state index contributed by atoms with van der Waals surface area (Å²) in [6, 6.07) is 6.61. The highest BCUT2D eigenvalue weighted by Gasteiger charge is 2.33. The summed E-state index contributed by atoms with van der Waals surface area (Å²) < 4.78 is 10.2. The van der Waals surface area contributed by atoms with Crippen molar-refractivity contribution in [3.63, 3.8) is 0 Å². The quantitative estimate of drug-likeness (QED) is 0.501. The average molecular weight is 478 g/mol. The van der Waals surface area contributed by atoms with E-state index in [1.54, 1.807) is 20.8 Å². The van der Waals surface area contributed by atoms with E-state index in [4.69, 9.17) is 9.47 Å². The molecular weight excluding hydrogens is 438 g/mol. The summed E-state index contributed by atoms with van der Waals surface area (Å²) in [5, 5.41) is 5.25. The minimum atomic E-state index is -0.935. The SMILES string of the molecule is COC(=O)[C@@H](Cc1ccccc1)N(C)C(=O)[C@H](C)NC(=O)[C@H](CC(C)C)NC(=O)OC(C)(C)C. The third-order valence-corrected chi connectivity index (χ3v) is 5.00. The van der Waals surface area contributed by atoms with E-state index in [9.17, 15) is 19.2 Å². The summed E-state index contributed by atoms with van der Waals surface area (Å²) in [5.41, 5.74) is 0.157. The first-order valence-electron chi connectivity index (χ1n) is 11.4. The second-order valence-corrected chi connectivity index (χ2v) is 9.74. The lowest BCUT2D eigenvalue weighted by molar-refractivity contribution is -0.152. The molecule has 0 heterocycles. The molecule has 1 aromatic carbocycles. The van der Waals surface area contributed by atoms with Crippen molar-refractivity contribution in [3.05, 3.63) is 35.9 Å². The van der Waals surface area contributed by atoms with Gasteiger partial charge in [-0.15, -0.1) is 0 Å². The highest BCUT2D eigenvalue weighted by Crippen LogP contribution is 2.12. The number of ether oxygens (including phenoxy) is 2. The van der Waals surface area contributed by atoms with Gasteiger partial charge in [-0.1, -0.05) is 44.2 Å². The Balaban J connectivity index is 2.91. The Labute approximate surface area is 202 Å². The molecule has 1 rings (SSSR count). The second-order valence-electron chi connectivity index (χ2n) is 9.74. The van der Waals surface area contributed by atoms with Crippen LogP contribution in [0.4, 0.5) is 4.79 Å². The first kappa shape index (κ1) is 28.9. The molecule has 2 N–H and O–H groups in total. The number of hydrogen-bond acceptors (Lipinski definition) is 6. The summed E-state index contributed by atoms with van der Waals surface area (Å²) in [4.78, 5) is 51.9. The third-order valence-electron chi connectivity index (χ3n) is 5.00. The van der Waals surface area contributed by atoms with Gasteiger partial charge >= 0.3 is 12.1 Å². The van der Waals surface area contributed by atoms with E-state index in [0.29, 0.717) is 6.42 Å². The summed E-state index contributed by atoms with van der Waals surface area (Å²) >= 11 is 0. The van der Waals surface area contributed by atoms with Crippen LogP contribution in [0, 0.1) is 5.92 Å². The van der Waals surface area contributed by atoms with Gasteiger partial charge < -0.3 is 25.0 Å². The molecular formula is C25H39N3O6. The zero-order valence-corrected chi connectivity index (χ0v) is 21.5. The Hall–Kier alpha value is -3.10. The molecule has 9 heteroatoms. The van der Waals surface area contributed by atoms with Gasteiger partial charge in [0.25, 0.3) is 0 Å². The summed E-state index contributed by atoms with van der Waals surface area (Å²) in [6.45, 7) is 10.6. The maximum Gasteiger partial charge on any atom is 0.408 e. The molecule has 0 saturated carbocycles. The molecule has 1 aromatic rings. The third kappa shape index (κ3) is 9.80. The molecule has 3 amide bonds. The molecule has 0 aliphatic heterocycles. The zero-order valence-electron chi connectivity index (χ0n) is 21.5. The molecule has 9 nitrogen and oxygen atoms in total. The number of rotatable bonds is 10. The van der Waals surface area contributed by atoms with E-state index < -0.39 is 47.6 Å². The molecule has 0 aliphatic rings. The predicted molar refractivity (Wildman–Crippen MR) is 129 cm³/mol. The summed E-state index contributed by atoms with van der Waals surface area (Å²) in [6.07, 6.45) is -0.0780. The molecule has 190 valence electrons. The zero-order chi connectivity index (χ0) is 26.1. The molecule has 0 spiro atoms. The number of methoxy groups -OCH3 is 1. The van der Waals surface area contributed by atoms with Crippen molar-refractivity contribution in [2.45, 2.75) is 78.1 Å². The number of nitrogens with zero attached hydrogens (tertiary/aromatic N) is 1. The number of carbonyl (C=O) groups is 4. The minimum Gasteiger partial charge on any atom is -0.467 e. The van der Waals surface area contributed by atoms with Crippen LogP contribution < -0.4 is 10.6 Å². The normalized spacial score (nSPS) is 13.9. The van der Waals surface area contributed by atoms with Crippen molar-refractivity contribution >= 4 is 23.9 Å². The molecule has 0 bridgehead atoms. The Morgan fingerprint density at radius 3 is 2.09 bits per heavy atom. The number of amides is 3. The van der Waals surface area contributed by atoms with Crippen LogP contribution in [0.5, 0.6) is 0 Å². The molecule has 0 saturated heterocycles. The van der Waals surface area contributed by atoms with E-state index >= 15 is 0 Å². The van der Waals surface area contributed by atoms with Crippen molar-refractivity contribution in [2.24, 2.45) is 5.92 Å². The number of nitrogens with one attached hydrogen (secondary N) is 2. The van der Waals surface area contributed by atoms with E-state index in [1.807, 2.05) is 44.2 Å². The Bertz CT molecular complexity index is 835. The molecule has 0 unspecified atom stereocenters. The number of benzene rings is 1. The standard InChI is InChI=1S/C25H39N3O6/c1-16(2)14-19(27-24(32)34-25(4,5)6)21(29)26-17(3)22(30)28(7)20(23(31)33-8)15-18-12-10-9-11-13-18/h9-13,16-17,19-20H,14-15H2,1-8H3,(H,26,29)(H,27,32)/t17-,19-,20+/m0/s1. The second kappa shape index (κ2) is 13.0. The molecule has 34 heavy (non-hydrogen) atoms. The molecule has 0 fully saturated rings. The van der Waals surface area contributed by atoms with Gasteiger partial charge in [-0.2, -0.15) is 0 Å². The van der Waals surface area contributed by atoms with E-state index in [2.05, 4.69) is 10.6 Å². The van der Waals surface area contributed by atoms with Gasteiger partial charge in [-0.25, -0.2) is 9.59 Å². The maximum absolute atomic E-state index is 13.1. The fourth-order valence-corrected chi connectivity index (χ4v) is 3.34. The van der Waals surface area contributed by atoms with Gasteiger partial charge in [-0.05, 0) is 45.6 Å². The van der Waals surface area contributed by atoms with Crippen molar-refractivity contribution in [1.29, 1.82) is 0 Å². The van der Waals surface area contributed by atoms with Crippen molar-refractivity contribution in [3.8, 4) is 0 Å². The number of carbonyl (C=O) groups excluding carboxylic acids is 4. The number of alkyl carbamates (subject to hydrolysis) is 1. The minimum absolute atomic E-state index is 0.106. The fraction of sp³-hybridized carbons (Fsp3) is 0.600. The van der Waals surface area contributed by atoms with Crippen LogP contribution in [-0.4, -0.2) is 66.7 Å². The van der Waals surface area contributed by atoms with Crippen LogP contribution >= 0.6 is 0 Å². The van der Waals surface area contributed by atoms with Gasteiger partial charge in [0.15, 0.2) is 0 Å². The van der Waals surface area contributed by atoms with Crippen molar-refractivity contribution < 1.29 is 28.7 Å². The number of hydrogen-bond donors (Lipinski definition) is 2. The highest BCUT2D eigenvalue weighted by molar-refractivity contribution is 5.92. The molecule has 0 aliphatic carbocycles. The summed E-state index contributed by atoms with van der Waals surface area (Å²) in [7, 11) is 2.77. The van der Waals surface area contributed by atoms with Gasteiger partial charge in [0.1, 0.15) is 23.7 Å². The lowest BCUT2D eigenvalue weighted by Gasteiger charge is -2.30. The van der Waals surface area contributed by atoms with Crippen molar-refractivity contribution in [2.75, 3.05) is 14.2 Å². The predicted octanol–water partition coefficient (Wildman–Crippen LogP) is 2.67. The molecule has 3 atom stereocenters. The number of esters is 1. The lowest BCUT2D eigenvalue weighted by atomic mass is 10.0. The topological polar surface area (TPSA) is 114 Å². The van der Waals surface area contributed by atoms with Crippen LogP contribution in [0.2, 0.25) is 0 Å². The van der Waals surface area contributed by atoms with Crippen molar-refractivity contribution in [1.82, 2.24) is 15.5 Å². The Morgan fingerprint density at radius 2 is 1.59 bits per heavy atom. The van der Waals surface area contributed by atoms with Crippen LogP contribution in [0.25, 0.3) is 0 Å². The monoisotopic (exact) mass is 477 g/mol. The van der Waals surface area contributed by atoms with Crippen LogP contribution in [0.1, 0.15) is 53.5 Å². The van der Waals surface area contributed by atoms with Gasteiger partial charge in [0, 0.05) is 13.5 Å². The van der Waals surface area contributed by atoms with E-state index in [1.165, 1.54) is 26.0 Å². The Kier molecular flexibility index (Phi) is 11.0. The van der Waals surface area contributed by atoms with Gasteiger partial charge in [0.05, 0.1) is 7.11 Å². The smallest absolute Gasteiger partial charge is 0.408 e. The maximum atomic E-state index is 13.1. The van der Waals surface area contributed by atoms with Crippen LogP contribution in [-0.2, 0) is 30.3 Å². The van der Waals surface area contributed by atoms with Gasteiger partial charge in [-0.3, -0.25) is 9.59 Å². The summed E-state index contributed by atoms with van der Waals surface area (Å²) in [5.74, 6) is -1.41. The first-order valence-corrected chi connectivity index (χ1v) is 11.4. The highest BCUT2D eigenvalue weighted by atomic mass is 16.6. The lowest BCUT2D eigenvalue weighted by Crippen LogP contribution is -2.56. The van der Waals surface area contributed by atoms with E-state index in [0.717, 1.165) is 5.56 Å². The molecule has 0 aromatic heterocycles. The van der Waals surface area contributed by atoms with Gasteiger partial charge in [0.2, 0.25) is 11.8 Å². The largest absolute Gasteiger partial charge is 0.467 e.